The number of para-hydroxylation sites is 1. The molecule has 0 amide bonds. The van der Waals surface area contributed by atoms with Gasteiger partial charge in [0, 0.05) is 15.6 Å². The van der Waals surface area contributed by atoms with Crippen molar-refractivity contribution in [1.29, 1.82) is 0 Å². The van der Waals surface area contributed by atoms with Crippen molar-refractivity contribution in [3.8, 4) is 39.8 Å². The van der Waals surface area contributed by atoms with Crippen LogP contribution in [-0.4, -0.2) is 26.3 Å². The molecule has 0 spiro atoms. The van der Waals surface area contributed by atoms with Gasteiger partial charge >= 0.3 is 0 Å². The number of hydrogen-bond acceptors (Lipinski definition) is 5. The van der Waals surface area contributed by atoms with E-state index in [1.165, 1.54) is 0 Å². The van der Waals surface area contributed by atoms with Gasteiger partial charge in [-0.1, -0.05) is 28.1 Å². The number of hydrogen-bond donors (Lipinski definition) is 0. The lowest BCUT2D eigenvalue weighted by Crippen LogP contribution is -1.95. The molecule has 6 heteroatoms. The fourth-order valence-electron chi connectivity index (χ4n) is 3.13. The van der Waals surface area contributed by atoms with E-state index in [9.17, 15) is 0 Å². The molecule has 0 N–H and O–H groups in total. The van der Waals surface area contributed by atoms with Crippen LogP contribution in [0.1, 0.15) is 0 Å². The molecule has 0 unspecified atom stereocenters. The molecule has 1 aromatic heterocycles. The molecule has 3 aromatic carbocycles. The number of ether oxygens (including phenoxy) is 3. The Morgan fingerprint density at radius 2 is 1.50 bits per heavy atom. The standard InChI is InChI=1S/C22H18BrNO4/c1-25-18-11-14(12-19(26-2)21(18)27-3)16-5-4-6-17-20(16)28-22(24-17)13-7-9-15(23)10-8-13/h4-12H,1-3H3. The number of nitrogens with zero attached hydrogens (tertiary/aromatic N) is 1. The Bertz CT molecular complexity index is 1110. The van der Waals surface area contributed by atoms with Crippen LogP contribution in [-0.2, 0) is 0 Å². The van der Waals surface area contributed by atoms with Crippen molar-refractivity contribution in [3.63, 3.8) is 0 Å². The summed E-state index contributed by atoms with van der Waals surface area (Å²) in [5, 5.41) is 0. The van der Waals surface area contributed by atoms with E-state index < -0.39 is 0 Å². The number of fused-ring (bicyclic) bond motifs is 1. The zero-order valence-corrected chi connectivity index (χ0v) is 17.2. The number of rotatable bonds is 5. The highest BCUT2D eigenvalue weighted by Gasteiger charge is 2.18. The average molecular weight is 440 g/mol. The van der Waals surface area contributed by atoms with E-state index in [0.717, 1.165) is 26.7 Å². The lowest BCUT2D eigenvalue weighted by molar-refractivity contribution is 0.324. The van der Waals surface area contributed by atoms with E-state index in [-0.39, 0.29) is 0 Å². The van der Waals surface area contributed by atoms with Gasteiger partial charge in [0.25, 0.3) is 0 Å². The highest BCUT2D eigenvalue weighted by Crippen LogP contribution is 2.43. The monoisotopic (exact) mass is 439 g/mol. The summed E-state index contributed by atoms with van der Waals surface area (Å²) in [4.78, 5) is 4.65. The Kier molecular flexibility index (Phi) is 4.96. The van der Waals surface area contributed by atoms with Gasteiger partial charge in [0.1, 0.15) is 5.52 Å². The summed E-state index contributed by atoms with van der Waals surface area (Å²) >= 11 is 3.45. The molecule has 28 heavy (non-hydrogen) atoms. The summed E-state index contributed by atoms with van der Waals surface area (Å²) in [6.07, 6.45) is 0. The van der Waals surface area contributed by atoms with E-state index in [1.54, 1.807) is 21.3 Å². The molecule has 0 saturated heterocycles. The van der Waals surface area contributed by atoms with Crippen molar-refractivity contribution in [1.82, 2.24) is 4.98 Å². The third kappa shape index (κ3) is 3.20. The summed E-state index contributed by atoms with van der Waals surface area (Å²) < 4.78 is 23.5. The summed E-state index contributed by atoms with van der Waals surface area (Å²) in [6, 6.07) is 17.5. The molecular weight excluding hydrogens is 422 g/mol. The Morgan fingerprint density at radius 1 is 0.821 bits per heavy atom. The van der Waals surface area contributed by atoms with Crippen molar-refractivity contribution in [2.45, 2.75) is 0 Å². The molecular formula is C22H18BrNO4. The van der Waals surface area contributed by atoms with Gasteiger partial charge in [-0.2, -0.15) is 0 Å². The second-order valence-electron chi connectivity index (χ2n) is 6.09. The molecule has 0 aliphatic heterocycles. The Hall–Kier alpha value is -2.99. The Morgan fingerprint density at radius 3 is 2.11 bits per heavy atom. The van der Waals surface area contributed by atoms with Gasteiger partial charge in [-0.05, 0) is 48.0 Å². The highest BCUT2D eigenvalue weighted by molar-refractivity contribution is 9.10. The molecule has 5 nitrogen and oxygen atoms in total. The minimum Gasteiger partial charge on any atom is -0.493 e. The number of methoxy groups -OCH3 is 3. The molecule has 0 aliphatic carbocycles. The van der Waals surface area contributed by atoms with Gasteiger partial charge in [-0.3, -0.25) is 0 Å². The van der Waals surface area contributed by atoms with Gasteiger partial charge in [0.15, 0.2) is 17.1 Å². The maximum Gasteiger partial charge on any atom is 0.227 e. The first-order chi connectivity index (χ1) is 13.6. The van der Waals surface area contributed by atoms with E-state index in [4.69, 9.17) is 18.6 Å². The van der Waals surface area contributed by atoms with Gasteiger partial charge in [0.2, 0.25) is 11.6 Å². The molecule has 0 bridgehead atoms. The fraction of sp³-hybridized carbons (Fsp3) is 0.136. The van der Waals surface area contributed by atoms with Crippen molar-refractivity contribution < 1.29 is 18.6 Å². The van der Waals surface area contributed by atoms with Crippen LogP contribution >= 0.6 is 15.9 Å². The molecule has 0 radical (unpaired) electrons. The maximum atomic E-state index is 6.14. The number of benzene rings is 3. The summed E-state index contributed by atoms with van der Waals surface area (Å²) in [7, 11) is 4.78. The predicted octanol–water partition coefficient (Wildman–Crippen LogP) is 5.95. The van der Waals surface area contributed by atoms with Crippen LogP contribution in [0, 0.1) is 0 Å². The first-order valence-corrected chi connectivity index (χ1v) is 9.39. The largest absolute Gasteiger partial charge is 0.493 e. The van der Waals surface area contributed by atoms with Crippen molar-refractivity contribution in [3.05, 3.63) is 59.1 Å². The minimum atomic E-state index is 0.550. The van der Waals surface area contributed by atoms with Crippen molar-refractivity contribution in [2.24, 2.45) is 0 Å². The molecule has 0 saturated carbocycles. The highest BCUT2D eigenvalue weighted by atomic mass is 79.9. The van der Waals surface area contributed by atoms with Gasteiger partial charge < -0.3 is 18.6 Å². The van der Waals surface area contributed by atoms with E-state index >= 15 is 0 Å². The lowest BCUT2D eigenvalue weighted by atomic mass is 10.0. The van der Waals surface area contributed by atoms with Crippen LogP contribution < -0.4 is 14.2 Å². The normalized spacial score (nSPS) is 10.9. The van der Waals surface area contributed by atoms with Crippen LogP contribution in [0.4, 0.5) is 0 Å². The molecule has 1 heterocycles. The van der Waals surface area contributed by atoms with E-state index in [2.05, 4.69) is 20.9 Å². The van der Waals surface area contributed by atoms with Gasteiger partial charge in [0.05, 0.1) is 21.3 Å². The van der Waals surface area contributed by atoms with E-state index in [0.29, 0.717) is 28.7 Å². The number of halogens is 1. The van der Waals surface area contributed by atoms with Gasteiger partial charge in [-0.15, -0.1) is 0 Å². The fourth-order valence-corrected chi connectivity index (χ4v) is 3.39. The summed E-state index contributed by atoms with van der Waals surface area (Å²) in [6.45, 7) is 0. The number of oxazole rings is 1. The lowest BCUT2D eigenvalue weighted by Gasteiger charge is -2.14. The molecule has 0 fully saturated rings. The van der Waals surface area contributed by atoms with E-state index in [1.807, 2.05) is 54.6 Å². The maximum absolute atomic E-state index is 6.14. The molecule has 0 atom stereocenters. The first-order valence-electron chi connectivity index (χ1n) is 8.60. The van der Waals surface area contributed by atoms with Gasteiger partial charge in [-0.25, -0.2) is 4.98 Å². The quantitative estimate of drug-likeness (QED) is 0.384. The average Bonchev–Trinajstić information content (AvgIpc) is 3.17. The van der Waals surface area contributed by atoms with Crippen LogP contribution in [0.2, 0.25) is 0 Å². The van der Waals surface area contributed by atoms with Crippen LogP contribution in [0.3, 0.4) is 0 Å². The van der Waals surface area contributed by atoms with Crippen molar-refractivity contribution >= 4 is 27.0 Å². The van der Waals surface area contributed by atoms with Crippen LogP contribution in [0.15, 0.2) is 63.5 Å². The second kappa shape index (κ2) is 7.56. The Balaban J connectivity index is 1.89. The zero-order valence-electron chi connectivity index (χ0n) is 15.7. The number of aromatic nitrogens is 1. The smallest absolute Gasteiger partial charge is 0.227 e. The summed E-state index contributed by atoms with van der Waals surface area (Å²) in [5.41, 5.74) is 4.18. The molecule has 4 rings (SSSR count). The third-order valence-corrected chi connectivity index (χ3v) is 5.01. The minimum absolute atomic E-state index is 0.550. The third-order valence-electron chi connectivity index (χ3n) is 4.48. The van der Waals surface area contributed by atoms with Crippen molar-refractivity contribution in [2.75, 3.05) is 21.3 Å². The molecule has 4 aromatic rings. The Labute approximate surface area is 171 Å². The van der Waals surface area contributed by atoms with Crippen LogP contribution in [0.5, 0.6) is 17.2 Å². The van der Waals surface area contributed by atoms with Crippen LogP contribution in [0.25, 0.3) is 33.7 Å². The predicted molar refractivity (Wildman–Crippen MR) is 112 cm³/mol. The topological polar surface area (TPSA) is 53.7 Å². The second-order valence-corrected chi connectivity index (χ2v) is 7.01. The summed E-state index contributed by atoms with van der Waals surface area (Å²) in [5.74, 6) is 2.29. The molecule has 142 valence electrons. The first kappa shape index (κ1) is 18.4. The zero-order chi connectivity index (χ0) is 19.7. The SMILES string of the molecule is COc1cc(-c2cccc3nc(-c4ccc(Br)cc4)oc23)cc(OC)c1OC. The molecule has 0 aliphatic rings.